The monoisotopic (exact) mass is 409 g/mol. The Balaban J connectivity index is 1.29. The van der Waals surface area contributed by atoms with Crippen LogP contribution in [0.1, 0.15) is 29.6 Å². The van der Waals surface area contributed by atoms with Crippen molar-refractivity contribution in [2.24, 2.45) is 5.92 Å². The fourth-order valence-electron chi connectivity index (χ4n) is 4.45. The van der Waals surface area contributed by atoms with Crippen LogP contribution in [-0.2, 0) is 4.79 Å². The van der Waals surface area contributed by atoms with Crippen LogP contribution in [-0.4, -0.2) is 60.9 Å². The minimum atomic E-state index is -0.403. The Morgan fingerprint density at radius 3 is 2.40 bits per heavy atom. The molecule has 1 unspecified atom stereocenters. The Morgan fingerprint density at radius 2 is 1.67 bits per heavy atom. The number of carbonyl (C=O) groups excluding carboxylic acids is 2. The van der Waals surface area contributed by atoms with Crippen molar-refractivity contribution >= 4 is 17.5 Å². The quantitative estimate of drug-likeness (QED) is 0.777. The summed E-state index contributed by atoms with van der Waals surface area (Å²) in [5, 5.41) is 0. The molecule has 2 aliphatic heterocycles. The molecule has 2 fully saturated rings. The van der Waals surface area contributed by atoms with Gasteiger partial charge >= 0.3 is 0 Å². The van der Waals surface area contributed by atoms with Crippen LogP contribution in [0.4, 0.5) is 10.1 Å². The molecule has 2 amide bonds. The summed E-state index contributed by atoms with van der Waals surface area (Å²) < 4.78 is 13.5. The zero-order valence-corrected chi connectivity index (χ0v) is 17.2. The van der Waals surface area contributed by atoms with E-state index in [0.29, 0.717) is 25.1 Å². The molecule has 1 atom stereocenters. The second kappa shape index (κ2) is 9.28. The van der Waals surface area contributed by atoms with Crippen LogP contribution in [0.25, 0.3) is 0 Å². The van der Waals surface area contributed by atoms with Crippen molar-refractivity contribution in [1.82, 2.24) is 9.80 Å². The number of likely N-dealkylation sites (tertiary alicyclic amines) is 1. The Hall–Kier alpha value is -2.89. The average molecular weight is 410 g/mol. The number of piperidine rings is 1. The van der Waals surface area contributed by atoms with Gasteiger partial charge in [0.15, 0.2) is 0 Å². The average Bonchev–Trinajstić information content (AvgIpc) is 2.79. The van der Waals surface area contributed by atoms with Crippen molar-refractivity contribution in [1.29, 1.82) is 0 Å². The molecule has 0 saturated carbocycles. The topological polar surface area (TPSA) is 43.9 Å². The Kier molecular flexibility index (Phi) is 6.31. The van der Waals surface area contributed by atoms with Crippen molar-refractivity contribution in [2.75, 3.05) is 44.2 Å². The lowest BCUT2D eigenvalue weighted by molar-refractivity contribution is -0.132. The summed E-state index contributed by atoms with van der Waals surface area (Å²) in [6.07, 6.45) is 2.29. The molecule has 0 spiro atoms. The van der Waals surface area contributed by atoms with E-state index in [0.717, 1.165) is 39.0 Å². The largest absolute Gasteiger partial charge is 0.368 e. The highest BCUT2D eigenvalue weighted by molar-refractivity contribution is 5.94. The first-order chi connectivity index (χ1) is 14.6. The van der Waals surface area contributed by atoms with Crippen molar-refractivity contribution in [3.63, 3.8) is 0 Å². The summed E-state index contributed by atoms with van der Waals surface area (Å²) in [4.78, 5) is 31.6. The van der Waals surface area contributed by atoms with E-state index in [1.165, 1.54) is 17.8 Å². The minimum Gasteiger partial charge on any atom is -0.368 e. The van der Waals surface area contributed by atoms with Gasteiger partial charge in [-0.2, -0.15) is 0 Å². The summed E-state index contributed by atoms with van der Waals surface area (Å²) in [7, 11) is 0. The highest BCUT2D eigenvalue weighted by atomic mass is 19.1. The second-order valence-electron chi connectivity index (χ2n) is 8.18. The van der Waals surface area contributed by atoms with Crippen LogP contribution in [0.3, 0.4) is 0 Å². The number of para-hydroxylation sites is 1. The van der Waals surface area contributed by atoms with Crippen molar-refractivity contribution in [2.45, 2.75) is 19.3 Å². The van der Waals surface area contributed by atoms with Crippen molar-refractivity contribution in [3.8, 4) is 0 Å². The van der Waals surface area contributed by atoms with Crippen LogP contribution in [0.2, 0.25) is 0 Å². The molecular formula is C24H28FN3O2. The van der Waals surface area contributed by atoms with E-state index in [1.807, 2.05) is 23.1 Å². The Bertz CT molecular complexity index is 881. The fourth-order valence-corrected chi connectivity index (χ4v) is 4.45. The lowest BCUT2D eigenvalue weighted by Gasteiger charge is -2.38. The van der Waals surface area contributed by atoms with Gasteiger partial charge in [0.2, 0.25) is 5.91 Å². The highest BCUT2D eigenvalue weighted by Crippen LogP contribution is 2.23. The number of halogens is 1. The van der Waals surface area contributed by atoms with E-state index in [9.17, 15) is 14.0 Å². The Morgan fingerprint density at radius 1 is 0.900 bits per heavy atom. The fraction of sp³-hybridized carbons (Fsp3) is 0.417. The van der Waals surface area contributed by atoms with Gasteiger partial charge in [-0.05, 0) is 49.1 Å². The number of anilines is 1. The molecule has 2 aliphatic rings. The normalized spacial score (nSPS) is 19.6. The van der Waals surface area contributed by atoms with Gasteiger partial charge in [0, 0.05) is 56.9 Å². The van der Waals surface area contributed by atoms with E-state index in [2.05, 4.69) is 17.0 Å². The molecule has 2 aromatic carbocycles. The lowest BCUT2D eigenvalue weighted by atomic mass is 9.93. The van der Waals surface area contributed by atoms with E-state index in [4.69, 9.17) is 0 Å². The van der Waals surface area contributed by atoms with Gasteiger partial charge < -0.3 is 14.7 Å². The third-order valence-corrected chi connectivity index (χ3v) is 6.09. The van der Waals surface area contributed by atoms with Crippen LogP contribution >= 0.6 is 0 Å². The Labute approximate surface area is 177 Å². The maximum absolute atomic E-state index is 13.5. The summed E-state index contributed by atoms with van der Waals surface area (Å²) in [5.41, 5.74) is 1.57. The van der Waals surface area contributed by atoms with Crippen molar-refractivity contribution < 1.29 is 14.0 Å². The zero-order valence-electron chi connectivity index (χ0n) is 17.2. The minimum absolute atomic E-state index is 0.150. The van der Waals surface area contributed by atoms with Crippen LogP contribution < -0.4 is 4.90 Å². The summed E-state index contributed by atoms with van der Waals surface area (Å²) in [6.45, 7) is 4.36. The third kappa shape index (κ3) is 4.81. The van der Waals surface area contributed by atoms with Crippen molar-refractivity contribution in [3.05, 3.63) is 66.0 Å². The SMILES string of the molecule is O=C(CC1CCCN(C(=O)c2cccc(F)c2)C1)N1CCN(c2ccccc2)CC1. The molecule has 30 heavy (non-hydrogen) atoms. The number of amides is 2. The zero-order chi connectivity index (χ0) is 20.9. The van der Waals surface area contributed by atoms with Gasteiger partial charge in [0.1, 0.15) is 5.82 Å². The maximum Gasteiger partial charge on any atom is 0.253 e. The molecule has 6 heteroatoms. The number of hydrogen-bond acceptors (Lipinski definition) is 3. The molecule has 158 valence electrons. The number of benzene rings is 2. The molecule has 5 nitrogen and oxygen atoms in total. The number of carbonyl (C=O) groups is 2. The smallest absolute Gasteiger partial charge is 0.253 e. The lowest BCUT2D eigenvalue weighted by Crippen LogP contribution is -2.49. The molecule has 0 aliphatic carbocycles. The van der Waals surface area contributed by atoms with Gasteiger partial charge in [0.25, 0.3) is 5.91 Å². The molecule has 2 aromatic rings. The molecule has 2 saturated heterocycles. The molecule has 0 aromatic heterocycles. The standard InChI is InChI=1S/C24H28FN3O2/c25-21-8-4-7-20(17-21)24(30)28-11-5-6-19(18-28)16-23(29)27-14-12-26(13-15-27)22-9-2-1-3-10-22/h1-4,7-10,17,19H,5-6,11-16,18H2. The van der Waals surface area contributed by atoms with Gasteiger partial charge in [-0.3, -0.25) is 9.59 Å². The van der Waals surface area contributed by atoms with Gasteiger partial charge in [-0.1, -0.05) is 24.3 Å². The second-order valence-corrected chi connectivity index (χ2v) is 8.18. The number of rotatable bonds is 4. The molecule has 4 rings (SSSR count). The number of hydrogen-bond donors (Lipinski definition) is 0. The first-order valence-corrected chi connectivity index (χ1v) is 10.7. The molecular weight excluding hydrogens is 381 g/mol. The van der Waals surface area contributed by atoms with Gasteiger partial charge in [-0.25, -0.2) is 4.39 Å². The predicted octanol–water partition coefficient (Wildman–Crippen LogP) is 3.42. The summed E-state index contributed by atoms with van der Waals surface area (Å²) in [6, 6.07) is 16.1. The molecule has 0 radical (unpaired) electrons. The van der Waals surface area contributed by atoms with E-state index >= 15 is 0 Å². The number of nitrogens with zero attached hydrogens (tertiary/aromatic N) is 3. The predicted molar refractivity (Wildman–Crippen MR) is 115 cm³/mol. The van der Waals surface area contributed by atoms with E-state index in [-0.39, 0.29) is 17.7 Å². The number of piperazine rings is 1. The maximum atomic E-state index is 13.5. The summed E-state index contributed by atoms with van der Waals surface area (Å²) in [5.74, 6) is -0.217. The summed E-state index contributed by atoms with van der Waals surface area (Å²) >= 11 is 0. The van der Waals surface area contributed by atoms with E-state index in [1.54, 1.807) is 17.0 Å². The van der Waals surface area contributed by atoms with Gasteiger partial charge in [-0.15, -0.1) is 0 Å². The van der Waals surface area contributed by atoms with Crippen LogP contribution in [0, 0.1) is 11.7 Å². The first kappa shape index (κ1) is 20.4. The third-order valence-electron chi connectivity index (χ3n) is 6.09. The molecule has 0 bridgehead atoms. The first-order valence-electron chi connectivity index (χ1n) is 10.7. The van der Waals surface area contributed by atoms with Crippen LogP contribution in [0.15, 0.2) is 54.6 Å². The van der Waals surface area contributed by atoms with E-state index < -0.39 is 5.82 Å². The molecule has 2 heterocycles. The highest BCUT2D eigenvalue weighted by Gasteiger charge is 2.29. The van der Waals surface area contributed by atoms with Crippen LogP contribution in [0.5, 0.6) is 0 Å². The van der Waals surface area contributed by atoms with Gasteiger partial charge in [0.05, 0.1) is 0 Å². The molecule has 0 N–H and O–H groups in total.